The topological polar surface area (TPSA) is 86.6 Å². The van der Waals surface area contributed by atoms with Gasteiger partial charge in [-0.2, -0.15) is 0 Å². The van der Waals surface area contributed by atoms with E-state index in [1.165, 1.54) is 0 Å². The van der Waals surface area contributed by atoms with Crippen LogP contribution in [0.4, 0.5) is 0 Å². The summed E-state index contributed by atoms with van der Waals surface area (Å²) in [5, 5.41) is 22.3. The number of carboxylic acid groups (broad SMARTS) is 1. The zero-order valence-corrected chi connectivity index (χ0v) is 12.6. The maximum Gasteiger partial charge on any atom is 0.336 e. The van der Waals surface area contributed by atoms with Crippen LogP contribution in [0.2, 0.25) is 0 Å². The van der Waals surface area contributed by atoms with Crippen molar-refractivity contribution in [2.75, 3.05) is 6.54 Å². The average molecular weight is 313 g/mol. The van der Waals surface area contributed by atoms with Crippen LogP contribution in [0, 0.1) is 0 Å². The molecular weight excluding hydrogens is 294 g/mol. The SMILES string of the molecule is O=C(NCCC(O)(Cc1ccccc1)C(=O)O)c1ccccc1. The molecular formula is C18H19NO4. The van der Waals surface area contributed by atoms with E-state index < -0.39 is 11.6 Å². The molecule has 0 aliphatic rings. The van der Waals surface area contributed by atoms with E-state index >= 15 is 0 Å². The van der Waals surface area contributed by atoms with Gasteiger partial charge in [0, 0.05) is 24.9 Å². The summed E-state index contributed by atoms with van der Waals surface area (Å²) in [6.07, 6.45) is -0.0832. The second-order valence-electron chi connectivity index (χ2n) is 5.37. The number of benzene rings is 2. The Hall–Kier alpha value is -2.66. The van der Waals surface area contributed by atoms with E-state index in [2.05, 4.69) is 5.32 Å². The van der Waals surface area contributed by atoms with E-state index in [1.54, 1.807) is 54.6 Å². The minimum atomic E-state index is -1.91. The molecule has 0 fully saturated rings. The van der Waals surface area contributed by atoms with E-state index in [0.29, 0.717) is 5.56 Å². The number of nitrogens with one attached hydrogen (secondary N) is 1. The molecule has 0 radical (unpaired) electrons. The number of hydrogen-bond donors (Lipinski definition) is 3. The molecule has 23 heavy (non-hydrogen) atoms. The molecule has 0 aromatic heterocycles. The highest BCUT2D eigenvalue weighted by Crippen LogP contribution is 2.17. The van der Waals surface area contributed by atoms with Gasteiger partial charge in [0.2, 0.25) is 0 Å². The molecule has 0 aliphatic heterocycles. The standard InChI is InChI=1S/C18H19NO4/c20-16(15-9-5-2-6-10-15)19-12-11-18(23,17(21)22)13-14-7-3-1-4-8-14/h1-10,23H,11-13H2,(H,19,20)(H,21,22). The Morgan fingerprint density at radius 1 is 0.957 bits per heavy atom. The Morgan fingerprint density at radius 3 is 2.09 bits per heavy atom. The van der Waals surface area contributed by atoms with Crippen LogP contribution in [0.3, 0.4) is 0 Å². The maximum absolute atomic E-state index is 11.9. The van der Waals surface area contributed by atoms with E-state index in [9.17, 15) is 19.8 Å². The van der Waals surface area contributed by atoms with Gasteiger partial charge in [0.15, 0.2) is 5.60 Å². The molecule has 1 amide bonds. The van der Waals surface area contributed by atoms with Crippen molar-refractivity contribution in [1.29, 1.82) is 0 Å². The fourth-order valence-corrected chi connectivity index (χ4v) is 2.28. The van der Waals surface area contributed by atoms with Gasteiger partial charge in [0.05, 0.1) is 0 Å². The first-order chi connectivity index (χ1) is 11.0. The quantitative estimate of drug-likeness (QED) is 0.728. The van der Waals surface area contributed by atoms with Gasteiger partial charge in [-0.05, 0) is 17.7 Å². The molecule has 1 unspecified atom stereocenters. The molecule has 0 aliphatic carbocycles. The Labute approximate surface area is 134 Å². The molecule has 2 aromatic carbocycles. The lowest BCUT2D eigenvalue weighted by molar-refractivity contribution is -0.159. The fourth-order valence-electron chi connectivity index (χ4n) is 2.28. The molecule has 120 valence electrons. The maximum atomic E-state index is 11.9. The summed E-state index contributed by atoms with van der Waals surface area (Å²) in [6, 6.07) is 17.6. The molecule has 0 spiro atoms. The summed E-state index contributed by atoms with van der Waals surface area (Å²) < 4.78 is 0. The molecule has 0 saturated heterocycles. The van der Waals surface area contributed by atoms with Gasteiger partial charge < -0.3 is 15.5 Å². The zero-order valence-electron chi connectivity index (χ0n) is 12.6. The van der Waals surface area contributed by atoms with E-state index in [4.69, 9.17) is 0 Å². The number of carboxylic acids is 1. The molecule has 1 atom stereocenters. The normalized spacial score (nSPS) is 13.1. The van der Waals surface area contributed by atoms with Crippen LogP contribution in [-0.4, -0.2) is 34.2 Å². The van der Waals surface area contributed by atoms with Gasteiger partial charge in [-0.1, -0.05) is 48.5 Å². The summed E-state index contributed by atoms with van der Waals surface area (Å²) in [7, 11) is 0. The lowest BCUT2D eigenvalue weighted by atomic mass is 9.91. The molecule has 0 bridgehead atoms. The van der Waals surface area contributed by atoms with Crippen molar-refractivity contribution in [3.63, 3.8) is 0 Å². The van der Waals surface area contributed by atoms with Crippen LogP contribution in [0.25, 0.3) is 0 Å². The molecule has 2 rings (SSSR count). The molecule has 3 N–H and O–H groups in total. The highest BCUT2D eigenvalue weighted by atomic mass is 16.4. The Balaban J connectivity index is 1.95. The van der Waals surface area contributed by atoms with Crippen LogP contribution >= 0.6 is 0 Å². The summed E-state index contributed by atoms with van der Waals surface area (Å²) in [5.74, 6) is -1.59. The van der Waals surface area contributed by atoms with Crippen LogP contribution < -0.4 is 5.32 Å². The number of amides is 1. The van der Waals surface area contributed by atoms with Crippen molar-refractivity contribution >= 4 is 11.9 Å². The first-order valence-electron chi connectivity index (χ1n) is 7.34. The monoisotopic (exact) mass is 313 g/mol. The largest absolute Gasteiger partial charge is 0.479 e. The molecule has 2 aromatic rings. The molecule has 5 heteroatoms. The van der Waals surface area contributed by atoms with Crippen molar-refractivity contribution in [3.8, 4) is 0 Å². The van der Waals surface area contributed by atoms with Gasteiger partial charge >= 0.3 is 5.97 Å². The molecule has 0 heterocycles. The van der Waals surface area contributed by atoms with Crippen molar-refractivity contribution in [2.24, 2.45) is 0 Å². The second-order valence-corrected chi connectivity index (χ2v) is 5.37. The number of carbonyl (C=O) groups excluding carboxylic acids is 1. The predicted molar refractivity (Wildman–Crippen MR) is 86.1 cm³/mol. The number of hydrogen-bond acceptors (Lipinski definition) is 3. The first-order valence-corrected chi connectivity index (χ1v) is 7.34. The van der Waals surface area contributed by atoms with E-state index in [-0.39, 0.29) is 25.3 Å². The number of aliphatic hydroxyl groups is 1. The minimum absolute atomic E-state index is 0.00954. The van der Waals surface area contributed by atoms with Crippen molar-refractivity contribution in [1.82, 2.24) is 5.32 Å². The Morgan fingerprint density at radius 2 is 1.52 bits per heavy atom. The highest BCUT2D eigenvalue weighted by Gasteiger charge is 2.35. The van der Waals surface area contributed by atoms with E-state index in [0.717, 1.165) is 5.56 Å². The molecule has 0 saturated carbocycles. The third-order valence-corrected chi connectivity index (χ3v) is 3.60. The number of rotatable bonds is 7. The van der Waals surface area contributed by atoms with Gasteiger partial charge in [0.25, 0.3) is 5.91 Å². The highest BCUT2D eigenvalue weighted by molar-refractivity contribution is 5.94. The first kappa shape index (κ1) is 16.7. The van der Waals surface area contributed by atoms with Gasteiger partial charge in [-0.15, -0.1) is 0 Å². The second kappa shape index (κ2) is 7.56. The number of aliphatic carboxylic acids is 1. The summed E-state index contributed by atoms with van der Waals surface area (Å²) >= 11 is 0. The Bertz CT molecular complexity index is 657. The third-order valence-electron chi connectivity index (χ3n) is 3.60. The lowest BCUT2D eigenvalue weighted by Crippen LogP contribution is -2.44. The minimum Gasteiger partial charge on any atom is -0.479 e. The summed E-state index contributed by atoms with van der Waals surface area (Å²) in [4.78, 5) is 23.3. The Kier molecular flexibility index (Phi) is 5.49. The van der Waals surface area contributed by atoms with Gasteiger partial charge in [-0.25, -0.2) is 4.79 Å². The van der Waals surface area contributed by atoms with Gasteiger partial charge in [0.1, 0.15) is 0 Å². The average Bonchev–Trinajstić information content (AvgIpc) is 2.56. The van der Waals surface area contributed by atoms with E-state index in [1.807, 2.05) is 6.07 Å². The summed E-state index contributed by atoms with van der Waals surface area (Å²) in [5.41, 5.74) is -0.688. The van der Waals surface area contributed by atoms with Gasteiger partial charge in [-0.3, -0.25) is 4.79 Å². The van der Waals surface area contributed by atoms with Crippen LogP contribution in [0.1, 0.15) is 22.3 Å². The van der Waals surface area contributed by atoms with Crippen molar-refractivity contribution in [3.05, 3.63) is 71.8 Å². The van der Waals surface area contributed by atoms with Crippen LogP contribution in [0.5, 0.6) is 0 Å². The van der Waals surface area contributed by atoms with Crippen molar-refractivity contribution in [2.45, 2.75) is 18.4 Å². The van der Waals surface area contributed by atoms with Crippen LogP contribution in [0.15, 0.2) is 60.7 Å². The fraction of sp³-hybridized carbons (Fsp3) is 0.222. The molecule has 5 nitrogen and oxygen atoms in total. The lowest BCUT2D eigenvalue weighted by Gasteiger charge is -2.23. The number of carbonyl (C=O) groups is 2. The zero-order chi connectivity index (χ0) is 16.7. The summed E-state index contributed by atoms with van der Waals surface area (Å²) in [6.45, 7) is 0.0728. The van der Waals surface area contributed by atoms with Crippen LogP contribution in [-0.2, 0) is 11.2 Å². The van der Waals surface area contributed by atoms with Crippen molar-refractivity contribution < 1.29 is 19.8 Å². The smallest absolute Gasteiger partial charge is 0.336 e. The third kappa shape index (κ3) is 4.66. The predicted octanol–water partition coefficient (Wildman–Crippen LogP) is 1.86.